The van der Waals surface area contributed by atoms with Gasteiger partial charge in [0.25, 0.3) is 0 Å². The van der Waals surface area contributed by atoms with Crippen molar-refractivity contribution in [3.05, 3.63) is 59.2 Å². The molecule has 0 amide bonds. The summed E-state index contributed by atoms with van der Waals surface area (Å²) < 4.78 is 33.3. The Hall–Kier alpha value is -2.27. The van der Waals surface area contributed by atoms with Gasteiger partial charge in [-0.3, -0.25) is 0 Å². The molecule has 5 heteroatoms. The van der Waals surface area contributed by atoms with Gasteiger partial charge in [0, 0.05) is 18.2 Å². The van der Waals surface area contributed by atoms with E-state index in [1.807, 2.05) is 0 Å². The van der Waals surface area contributed by atoms with Crippen molar-refractivity contribution in [2.24, 2.45) is 0 Å². The predicted molar refractivity (Wildman–Crippen MR) is 105 cm³/mol. The number of aromatic carboxylic acids is 1. The maximum Gasteiger partial charge on any atom is 0.335 e. The highest BCUT2D eigenvalue weighted by Gasteiger charge is 2.26. The fourth-order valence-corrected chi connectivity index (χ4v) is 3.92. The molecule has 1 aliphatic carbocycles. The predicted octanol–water partition coefficient (Wildman–Crippen LogP) is 6.17. The molecule has 0 spiro atoms. The molecule has 2 aromatic carbocycles. The third-order valence-corrected chi connectivity index (χ3v) is 5.49. The second-order valence-electron chi connectivity index (χ2n) is 7.43. The first-order valence-electron chi connectivity index (χ1n) is 9.93. The summed E-state index contributed by atoms with van der Waals surface area (Å²) in [5, 5.41) is 9.60. The monoisotopic (exact) mass is 388 g/mol. The number of benzene rings is 2. The minimum absolute atomic E-state index is 0.0978. The molecule has 3 rings (SSSR count). The van der Waals surface area contributed by atoms with Gasteiger partial charge in [-0.1, -0.05) is 19.4 Å². The molecule has 1 N–H and O–H groups in total. The number of carbonyl (C=O) groups is 1. The summed E-state index contributed by atoms with van der Waals surface area (Å²) >= 11 is 0. The summed E-state index contributed by atoms with van der Waals surface area (Å²) in [5.41, 5.74) is 1.82. The normalized spacial score (nSPS) is 19.5. The van der Waals surface area contributed by atoms with E-state index >= 15 is 0 Å². The van der Waals surface area contributed by atoms with Crippen LogP contribution in [0.4, 0.5) is 8.78 Å². The van der Waals surface area contributed by atoms with Crippen LogP contribution >= 0.6 is 0 Å². The number of rotatable bonds is 7. The molecule has 0 atom stereocenters. The van der Waals surface area contributed by atoms with E-state index in [1.165, 1.54) is 18.2 Å². The second-order valence-corrected chi connectivity index (χ2v) is 7.43. The van der Waals surface area contributed by atoms with E-state index in [1.54, 1.807) is 12.1 Å². The average molecular weight is 388 g/mol. The zero-order chi connectivity index (χ0) is 20.1. The SMILES string of the molecule is CCCCO[C@H]1CC[C@H](c2cc(-c3ccc(F)cc3F)ccc2C(=O)O)CC1. The number of unbranched alkanes of at least 4 members (excludes halogenated alkanes) is 1. The highest BCUT2D eigenvalue weighted by molar-refractivity contribution is 5.90. The fraction of sp³-hybridized carbons (Fsp3) is 0.435. The van der Waals surface area contributed by atoms with Gasteiger partial charge in [-0.25, -0.2) is 13.6 Å². The number of hydrogen-bond donors (Lipinski definition) is 1. The Balaban J connectivity index is 1.82. The first kappa shape index (κ1) is 20.5. The molecule has 3 nitrogen and oxygen atoms in total. The molecule has 0 aliphatic heterocycles. The van der Waals surface area contributed by atoms with Crippen molar-refractivity contribution >= 4 is 5.97 Å². The van der Waals surface area contributed by atoms with Crippen LogP contribution in [-0.4, -0.2) is 23.8 Å². The van der Waals surface area contributed by atoms with E-state index in [4.69, 9.17) is 4.74 Å². The van der Waals surface area contributed by atoms with Crippen LogP contribution in [0.1, 0.15) is 67.3 Å². The summed E-state index contributed by atoms with van der Waals surface area (Å²) in [7, 11) is 0. The Labute approximate surface area is 164 Å². The summed E-state index contributed by atoms with van der Waals surface area (Å²) in [6.45, 7) is 2.90. The van der Waals surface area contributed by atoms with E-state index in [9.17, 15) is 18.7 Å². The third-order valence-electron chi connectivity index (χ3n) is 5.49. The smallest absolute Gasteiger partial charge is 0.335 e. The first-order valence-corrected chi connectivity index (χ1v) is 9.93. The van der Waals surface area contributed by atoms with Crippen LogP contribution in [0.3, 0.4) is 0 Å². The van der Waals surface area contributed by atoms with E-state index in [0.717, 1.165) is 56.8 Å². The number of carboxylic acids is 1. The summed E-state index contributed by atoms with van der Waals surface area (Å²) in [5.74, 6) is -2.17. The van der Waals surface area contributed by atoms with Gasteiger partial charge >= 0.3 is 5.97 Å². The molecule has 0 bridgehead atoms. The van der Waals surface area contributed by atoms with Crippen LogP contribution in [0, 0.1) is 11.6 Å². The molecule has 2 aromatic rings. The molecule has 0 saturated heterocycles. The van der Waals surface area contributed by atoms with Gasteiger partial charge in [-0.05, 0) is 73.4 Å². The van der Waals surface area contributed by atoms with Gasteiger partial charge in [0.05, 0.1) is 11.7 Å². The lowest BCUT2D eigenvalue weighted by molar-refractivity contribution is 0.0231. The van der Waals surface area contributed by atoms with Gasteiger partial charge in [0.1, 0.15) is 11.6 Å². The van der Waals surface area contributed by atoms with Crippen molar-refractivity contribution in [3.63, 3.8) is 0 Å². The van der Waals surface area contributed by atoms with Crippen LogP contribution in [0.25, 0.3) is 11.1 Å². The van der Waals surface area contributed by atoms with E-state index < -0.39 is 17.6 Å². The lowest BCUT2D eigenvalue weighted by Crippen LogP contribution is -2.22. The van der Waals surface area contributed by atoms with Crippen LogP contribution in [0.15, 0.2) is 36.4 Å². The lowest BCUT2D eigenvalue weighted by Gasteiger charge is -2.30. The van der Waals surface area contributed by atoms with Gasteiger partial charge in [-0.15, -0.1) is 0 Å². The topological polar surface area (TPSA) is 46.5 Å². The Kier molecular flexibility index (Phi) is 6.79. The van der Waals surface area contributed by atoms with Gasteiger partial charge in [-0.2, -0.15) is 0 Å². The highest BCUT2D eigenvalue weighted by atomic mass is 19.1. The highest BCUT2D eigenvalue weighted by Crippen LogP contribution is 2.38. The third kappa shape index (κ3) is 4.76. The largest absolute Gasteiger partial charge is 0.478 e. The van der Waals surface area contributed by atoms with Crippen LogP contribution < -0.4 is 0 Å². The van der Waals surface area contributed by atoms with Crippen molar-refractivity contribution in [2.45, 2.75) is 57.5 Å². The molecular formula is C23H26F2O3. The minimum Gasteiger partial charge on any atom is -0.478 e. The molecule has 0 aromatic heterocycles. The van der Waals surface area contributed by atoms with Gasteiger partial charge in [0.2, 0.25) is 0 Å². The lowest BCUT2D eigenvalue weighted by atomic mass is 9.80. The quantitative estimate of drug-likeness (QED) is 0.577. The Bertz CT molecular complexity index is 827. The van der Waals surface area contributed by atoms with Crippen LogP contribution in [0.5, 0.6) is 0 Å². The Morgan fingerprint density at radius 2 is 1.86 bits per heavy atom. The van der Waals surface area contributed by atoms with Crippen molar-refractivity contribution < 1.29 is 23.4 Å². The minimum atomic E-state index is -0.984. The molecule has 0 unspecified atom stereocenters. The van der Waals surface area contributed by atoms with Gasteiger partial charge in [0.15, 0.2) is 0 Å². The van der Waals surface area contributed by atoms with Crippen molar-refractivity contribution in [1.29, 1.82) is 0 Å². The van der Waals surface area contributed by atoms with Gasteiger partial charge < -0.3 is 9.84 Å². The molecule has 0 heterocycles. The zero-order valence-corrected chi connectivity index (χ0v) is 16.1. The summed E-state index contributed by atoms with van der Waals surface area (Å²) in [6.07, 6.45) is 5.84. The van der Waals surface area contributed by atoms with E-state index in [-0.39, 0.29) is 23.1 Å². The van der Waals surface area contributed by atoms with Crippen molar-refractivity contribution in [1.82, 2.24) is 0 Å². The zero-order valence-electron chi connectivity index (χ0n) is 16.1. The number of hydrogen-bond acceptors (Lipinski definition) is 2. The summed E-state index contributed by atoms with van der Waals surface area (Å²) in [4.78, 5) is 11.7. The molecular weight excluding hydrogens is 362 g/mol. The molecule has 1 aliphatic rings. The maximum atomic E-state index is 14.2. The van der Waals surface area contributed by atoms with Crippen LogP contribution in [-0.2, 0) is 4.74 Å². The number of carboxylic acid groups (broad SMARTS) is 1. The Morgan fingerprint density at radius 1 is 1.11 bits per heavy atom. The number of halogens is 2. The Morgan fingerprint density at radius 3 is 2.50 bits per heavy atom. The molecule has 28 heavy (non-hydrogen) atoms. The average Bonchev–Trinajstić information content (AvgIpc) is 2.68. The molecule has 1 fully saturated rings. The number of ether oxygens (including phenoxy) is 1. The van der Waals surface area contributed by atoms with Crippen molar-refractivity contribution in [2.75, 3.05) is 6.61 Å². The maximum absolute atomic E-state index is 14.2. The van der Waals surface area contributed by atoms with E-state index in [0.29, 0.717) is 5.56 Å². The fourth-order valence-electron chi connectivity index (χ4n) is 3.92. The molecule has 0 radical (unpaired) electrons. The molecule has 1 saturated carbocycles. The first-order chi connectivity index (χ1) is 13.5. The standard InChI is InChI=1S/C23H26F2O3/c1-2-3-12-28-18-8-4-15(5-9-18)21-13-16(6-10-20(21)23(26)27)19-11-7-17(24)14-22(19)25/h6-7,10-11,13-15,18H,2-5,8-9,12H2,1H3,(H,26,27)/t15-,18-. The second kappa shape index (κ2) is 9.28. The van der Waals surface area contributed by atoms with Crippen LogP contribution in [0.2, 0.25) is 0 Å². The van der Waals surface area contributed by atoms with Crippen molar-refractivity contribution in [3.8, 4) is 11.1 Å². The van der Waals surface area contributed by atoms with E-state index in [2.05, 4.69) is 6.92 Å². The summed E-state index contributed by atoms with van der Waals surface area (Å²) in [6, 6.07) is 8.31. The molecule has 150 valence electrons.